The molecule has 0 aliphatic heterocycles. The van der Waals surface area contributed by atoms with Crippen molar-refractivity contribution in [3.8, 4) is 6.07 Å². The van der Waals surface area contributed by atoms with Gasteiger partial charge < -0.3 is 4.74 Å². The molecule has 0 saturated heterocycles. The van der Waals surface area contributed by atoms with Crippen LogP contribution in [0, 0.1) is 22.6 Å². The van der Waals surface area contributed by atoms with Crippen LogP contribution >= 0.6 is 0 Å². The smallest absolute Gasteiger partial charge is 0.329 e. The monoisotopic (exact) mass is 316 g/mol. The van der Waals surface area contributed by atoms with Gasteiger partial charge in [0.05, 0.1) is 6.07 Å². The second-order valence-electron chi connectivity index (χ2n) is 6.30. The van der Waals surface area contributed by atoms with Gasteiger partial charge in [-0.3, -0.25) is 9.79 Å². The van der Waals surface area contributed by atoms with E-state index < -0.39 is 28.8 Å². The summed E-state index contributed by atoms with van der Waals surface area (Å²) in [4.78, 5) is 16.8. The van der Waals surface area contributed by atoms with Crippen LogP contribution < -0.4 is 0 Å². The molecule has 0 amide bonds. The molecule has 0 fully saturated rings. The number of hydrogen-bond acceptors (Lipinski definition) is 4. The molecule has 0 N–H and O–H groups in total. The highest BCUT2D eigenvalue weighted by Crippen LogP contribution is 2.38. The zero-order valence-electron chi connectivity index (χ0n) is 13.8. The van der Waals surface area contributed by atoms with Gasteiger partial charge in [0.25, 0.3) is 0 Å². The van der Waals surface area contributed by atoms with Gasteiger partial charge in [-0.2, -0.15) is 5.26 Å². The summed E-state index contributed by atoms with van der Waals surface area (Å²) >= 11 is 0. The highest BCUT2D eigenvalue weighted by molar-refractivity contribution is 5.82. The van der Waals surface area contributed by atoms with Crippen molar-refractivity contribution in [3.63, 3.8) is 0 Å². The molecule has 4 nitrogen and oxygen atoms in total. The first kappa shape index (κ1) is 18.6. The molecule has 0 saturated carbocycles. The maximum Gasteiger partial charge on any atom is 0.329 e. The second-order valence-corrected chi connectivity index (χ2v) is 6.30. The highest BCUT2D eigenvalue weighted by Gasteiger charge is 2.45. The molecule has 5 heteroatoms. The Morgan fingerprint density at radius 3 is 2.35 bits per heavy atom. The summed E-state index contributed by atoms with van der Waals surface area (Å²) in [5, 5.41) is 9.61. The van der Waals surface area contributed by atoms with Crippen molar-refractivity contribution in [1.82, 2.24) is 0 Å². The van der Waals surface area contributed by atoms with Crippen LogP contribution in [-0.4, -0.2) is 17.8 Å². The number of benzene rings is 1. The molecule has 0 aliphatic carbocycles. The zero-order chi connectivity index (χ0) is 17.7. The van der Waals surface area contributed by atoms with Crippen LogP contribution in [0.25, 0.3) is 0 Å². The Hall–Kier alpha value is -2.48. The van der Waals surface area contributed by atoms with Crippen molar-refractivity contribution in [2.75, 3.05) is 0 Å². The van der Waals surface area contributed by atoms with Crippen molar-refractivity contribution in [3.05, 3.63) is 48.3 Å². The van der Waals surface area contributed by atoms with Gasteiger partial charge in [-0.05, 0) is 45.4 Å². The Kier molecular flexibility index (Phi) is 5.80. The minimum absolute atomic E-state index is 0.406. The van der Waals surface area contributed by atoms with E-state index in [1.54, 1.807) is 20.8 Å². The number of carbonyl (C=O) groups is 1. The van der Waals surface area contributed by atoms with Crippen molar-refractivity contribution < 1.29 is 13.9 Å². The lowest BCUT2D eigenvalue weighted by Gasteiger charge is -2.30. The Morgan fingerprint density at radius 2 is 1.91 bits per heavy atom. The number of aliphatic imine (C=N–C) groups is 1. The number of rotatable bonds is 5. The Balaban J connectivity index is 3.34. The van der Waals surface area contributed by atoms with Gasteiger partial charge in [0, 0.05) is 6.21 Å². The normalized spacial score (nSPS) is 15.5. The summed E-state index contributed by atoms with van der Waals surface area (Å²) < 4.78 is 18.5. The third kappa shape index (κ3) is 4.75. The number of allylic oxidation sites excluding steroid dienone is 1. The van der Waals surface area contributed by atoms with Crippen LogP contribution in [0.15, 0.2) is 41.9 Å². The number of nitriles is 1. The molecule has 0 bridgehead atoms. The van der Waals surface area contributed by atoms with E-state index in [4.69, 9.17) is 4.74 Å². The molecular weight excluding hydrogens is 295 g/mol. The lowest BCUT2D eigenvalue weighted by Crippen LogP contribution is -2.38. The predicted octanol–water partition coefficient (Wildman–Crippen LogP) is 4.00. The Morgan fingerprint density at radius 1 is 1.35 bits per heavy atom. The summed E-state index contributed by atoms with van der Waals surface area (Å²) in [6, 6.07) is 6.70. The summed E-state index contributed by atoms with van der Waals surface area (Å²) in [6.45, 7) is 10.2. The number of halogens is 1. The first-order valence-electron chi connectivity index (χ1n) is 7.18. The summed E-state index contributed by atoms with van der Waals surface area (Å²) in [6.07, 6.45) is 2.86. The molecule has 23 heavy (non-hydrogen) atoms. The average Bonchev–Trinajstić information content (AvgIpc) is 2.47. The Bertz CT molecular complexity index is 638. The SMILES string of the molecule is C=CC=N[C@H](c1ccc(F)cc1)[C@](C)(C#N)C(=O)OC(C)(C)C. The molecule has 1 aromatic rings. The van der Waals surface area contributed by atoms with Crippen LogP contribution in [0.3, 0.4) is 0 Å². The van der Waals surface area contributed by atoms with Crippen LogP contribution in [0.5, 0.6) is 0 Å². The highest BCUT2D eigenvalue weighted by atomic mass is 19.1. The van der Waals surface area contributed by atoms with Crippen LogP contribution in [0.1, 0.15) is 39.3 Å². The number of hydrogen-bond donors (Lipinski definition) is 0. The van der Waals surface area contributed by atoms with Crippen molar-refractivity contribution in [2.24, 2.45) is 10.4 Å². The van der Waals surface area contributed by atoms with Gasteiger partial charge >= 0.3 is 5.97 Å². The molecule has 122 valence electrons. The molecule has 1 aromatic carbocycles. The standard InChI is InChI=1S/C18H21FN2O2/c1-6-11-21-15(13-7-9-14(19)10-8-13)18(5,12-20)16(22)23-17(2,3)4/h6-11,15H,1H2,2-5H3/t15-,18+/m1/s1. The van der Waals surface area contributed by atoms with Crippen LogP contribution in [0.4, 0.5) is 4.39 Å². The lowest BCUT2D eigenvalue weighted by atomic mass is 9.80. The minimum Gasteiger partial charge on any atom is -0.459 e. The zero-order valence-corrected chi connectivity index (χ0v) is 13.8. The van der Waals surface area contributed by atoms with Gasteiger partial charge in [-0.25, -0.2) is 4.39 Å². The number of nitrogens with zero attached hydrogens (tertiary/aromatic N) is 2. The number of ether oxygens (including phenoxy) is 1. The topological polar surface area (TPSA) is 62.5 Å². The molecular formula is C18H21FN2O2. The predicted molar refractivity (Wildman–Crippen MR) is 87.4 cm³/mol. The largest absolute Gasteiger partial charge is 0.459 e. The summed E-state index contributed by atoms with van der Waals surface area (Å²) in [5.74, 6) is -1.08. The number of carbonyl (C=O) groups excluding carboxylic acids is 1. The maximum absolute atomic E-state index is 13.2. The third-order valence-electron chi connectivity index (χ3n) is 3.13. The molecule has 0 aromatic heterocycles. The second kappa shape index (κ2) is 7.19. The van der Waals surface area contributed by atoms with Gasteiger partial charge in [0.1, 0.15) is 17.5 Å². The van der Waals surface area contributed by atoms with E-state index in [1.165, 1.54) is 43.5 Å². The fraction of sp³-hybridized carbons (Fsp3) is 0.389. The molecule has 0 spiro atoms. The number of esters is 1. The van der Waals surface area contributed by atoms with Crippen molar-refractivity contribution in [1.29, 1.82) is 5.26 Å². The van der Waals surface area contributed by atoms with Crippen molar-refractivity contribution >= 4 is 12.2 Å². The van der Waals surface area contributed by atoms with E-state index in [1.807, 2.05) is 6.07 Å². The third-order valence-corrected chi connectivity index (χ3v) is 3.13. The lowest BCUT2D eigenvalue weighted by molar-refractivity contribution is -0.164. The van der Waals surface area contributed by atoms with E-state index >= 15 is 0 Å². The van der Waals surface area contributed by atoms with Crippen LogP contribution in [0.2, 0.25) is 0 Å². The fourth-order valence-electron chi connectivity index (χ4n) is 1.96. The molecule has 1 rings (SSSR count). The minimum atomic E-state index is -1.55. The Labute approximate surface area is 136 Å². The maximum atomic E-state index is 13.2. The molecule has 0 radical (unpaired) electrons. The fourth-order valence-corrected chi connectivity index (χ4v) is 1.96. The molecule has 0 unspecified atom stereocenters. The first-order chi connectivity index (χ1) is 10.6. The van der Waals surface area contributed by atoms with E-state index in [0.29, 0.717) is 5.56 Å². The molecule has 0 heterocycles. The van der Waals surface area contributed by atoms with E-state index in [0.717, 1.165) is 0 Å². The van der Waals surface area contributed by atoms with Crippen LogP contribution in [-0.2, 0) is 9.53 Å². The molecule has 0 aliphatic rings. The molecule has 2 atom stereocenters. The van der Waals surface area contributed by atoms with E-state index in [-0.39, 0.29) is 0 Å². The van der Waals surface area contributed by atoms with Crippen molar-refractivity contribution in [2.45, 2.75) is 39.3 Å². The van der Waals surface area contributed by atoms with Gasteiger partial charge in [-0.1, -0.05) is 24.8 Å². The van der Waals surface area contributed by atoms with E-state index in [9.17, 15) is 14.4 Å². The van der Waals surface area contributed by atoms with E-state index in [2.05, 4.69) is 11.6 Å². The summed E-state index contributed by atoms with van der Waals surface area (Å²) in [7, 11) is 0. The first-order valence-corrected chi connectivity index (χ1v) is 7.18. The quantitative estimate of drug-likeness (QED) is 0.609. The average molecular weight is 316 g/mol. The van der Waals surface area contributed by atoms with Gasteiger partial charge in [0.15, 0.2) is 5.41 Å². The van der Waals surface area contributed by atoms with Gasteiger partial charge in [-0.15, -0.1) is 0 Å². The summed E-state index contributed by atoms with van der Waals surface area (Å²) in [5.41, 5.74) is -1.74. The van der Waals surface area contributed by atoms with Gasteiger partial charge in [0.2, 0.25) is 0 Å².